The van der Waals surface area contributed by atoms with Crippen molar-refractivity contribution < 1.29 is 14.7 Å². The van der Waals surface area contributed by atoms with E-state index in [1.165, 1.54) is 12.8 Å². The molecule has 6 nitrogen and oxygen atoms in total. The molecule has 1 unspecified atom stereocenters. The predicted octanol–water partition coefficient (Wildman–Crippen LogP) is 0.737. The minimum absolute atomic E-state index is 0.00111. The van der Waals surface area contributed by atoms with Crippen molar-refractivity contribution in [2.45, 2.75) is 32.7 Å². The summed E-state index contributed by atoms with van der Waals surface area (Å²) in [7, 11) is 2.05. The summed E-state index contributed by atoms with van der Waals surface area (Å²) in [6.45, 7) is 5.24. The minimum Gasteiger partial charge on any atom is -0.481 e. The Morgan fingerprint density at radius 3 is 2.42 bits per heavy atom. The lowest BCUT2D eigenvalue weighted by molar-refractivity contribution is -0.142. The lowest BCUT2D eigenvalue weighted by atomic mass is 9.96. The number of carboxylic acid groups (broad SMARTS) is 1. The summed E-state index contributed by atoms with van der Waals surface area (Å²) in [4.78, 5) is 24.7. The van der Waals surface area contributed by atoms with E-state index < -0.39 is 11.9 Å². The van der Waals surface area contributed by atoms with E-state index in [1.807, 2.05) is 13.8 Å². The summed E-state index contributed by atoms with van der Waals surface area (Å²) in [6.07, 6.45) is 2.49. The van der Waals surface area contributed by atoms with Gasteiger partial charge < -0.3 is 20.6 Å². The van der Waals surface area contributed by atoms with Gasteiger partial charge in [-0.2, -0.15) is 0 Å². The van der Waals surface area contributed by atoms with Crippen molar-refractivity contribution in [2.75, 3.05) is 26.7 Å². The molecule has 0 heterocycles. The molecule has 0 bridgehead atoms. The predicted molar refractivity (Wildman–Crippen MR) is 73.0 cm³/mol. The van der Waals surface area contributed by atoms with Crippen LogP contribution in [0.2, 0.25) is 0 Å². The zero-order valence-corrected chi connectivity index (χ0v) is 12.0. The third-order valence-corrected chi connectivity index (χ3v) is 3.52. The van der Waals surface area contributed by atoms with Crippen LogP contribution in [0.25, 0.3) is 0 Å². The van der Waals surface area contributed by atoms with E-state index >= 15 is 0 Å². The largest absolute Gasteiger partial charge is 0.481 e. The van der Waals surface area contributed by atoms with Gasteiger partial charge in [0.1, 0.15) is 0 Å². The fourth-order valence-corrected chi connectivity index (χ4v) is 1.92. The van der Waals surface area contributed by atoms with Gasteiger partial charge in [0.2, 0.25) is 0 Å². The summed E-state index contributed by atoms with van der Waals surface area (Å²) < 4.78 is 0. The fourth-order valence-electron chi connectivity index (χ4n) is 1.92. The van der Waals surface area contributed by atoms with Crippen LogP contribution >= 0.6 is 0 Å². The van der Waals surface area contributed by atoms with Crippen molar-refractivity contribution in [3.63, 3.8) is 0 Å². The molecule has 1 aliphatic rings. The minimum atomic E-state index is -0.872. The number of rotatable bonds is 8. The van der Waals surface area contributed by atoms with Crippen LogP contribution in [0.15, 0.2) is 0 Å². The molecule has 0 aromatic carbocycles. The molecule has 0 saturated heterocycles. The molecule has 0 radical (unpaired) electrons. The van der Waals surface area contributed by atoms with Gasteiger partial charge in [0.25, 0.3) is 0 Å². The summed E-state index contributed by atoms with van der Waals surface area (Å²) in [5, 5.41) is 14.4. The maximum absolute atomic E-state index is 11.5. The highest BCUT2D eigenvalue weighted by molar-refractivity contribution is 5.75. The van der Waals surface area contributed by atoms with E-state index in [2.05, 4.69) is 22.6 Å². The van der Waals surface area contributed by atoms with Crippen molar-refractivity contribution >= 4 is 12.0 Å². The molecule has 1 rings (SSSR count). The van der Waals surface area contributed by atoms with Gasteiger partial charge in [0.05, 0.1) is 5.92 Å². The second-order valence-corrected chi connectivity index (χ2v) is 5.54. The Labute approximate surface area is 114 Å². The third-order valence-electron chi connectivity index (χ3n) is 3.52. The number of carbonyl (C=O) groups is 2. The van der Waals surface area contributed by atoms with Crippen LogP contribution in [0.4, 0.5) is 4.79 Å². The second-order valence-electron chi connectivity index (χ2n) is 5.54. The first-order valence-electron chi connectivity index (χ1n) is 6.86. The molecule has 0 aromatic heterocycles. The van der Waals surface area contributed by atoms with Crippen LogP contribution in [0, 0.1) is 11.8 Å². The Morgan fingerprint density at radius 1 is 1.32 bits per heavy atom. The number of carbonyl (C=O) groups excluding carboxylic acids is 1. The van der Waals surface area contributed by atoms with Gasteiger partial charge in [-0.05, 0) is 25.8 Å². The highest BCUT2D eigenvalue weighted by Crippen LogP contribution is 2.24. The number of amides is 2. The van der Waals surface area contributed by atoms with Gasteiger partial charge in [-0.3, -0.25) is 4.79 Å². The van der Waals surface area contributed by atoms with Gasteiger partial charge >= 0.3 is 12.0 Å². The lowest BCUT2D eigenvalue weighted by Gasteiger charge is -2.18. The molecule has 3 N–H and O–H groups in total. The number of nitrogens with one attached hydrogen (secondary N) is 2. The molecule has 6 heteroatoms. The Morgan fingerprint density at radius 2 is 1.95 bits per heavy atom. The topological polar surface area (TPSA) is 81.7 Å². The van der Waals surface area contributed by atoms with E-state index in [4.69, 9.17) is 5.11 Å². The Hall–Kier alpha value is -1.30. The molecule has 0 aromatic rings. The van der Waals surface area contributed by atoms with E-state index in [0.29, 0.717) is 12.6 Å². The van der Waals surface area contributed by atoms with E-state index in [-0.39, 0.29) is 18.5 Å². The number of aliphatic carboxylic acids is 1. The first-order valence-corrected chi connectivity index (χ1v) is 6.86. The maximum atomic E-state index is 11.5. The average molecular weight is 271 g/mol. The van der Waals surface area contributed by atoms with Gasteiger partial charge in [-0.1, -0.05) is 13.8 Å². The highest BCUT2D eigenvalue weighted by Gasteiger charge is 2.25. The number of hydrogen-bond acceptors (Lipinski definition) is 3. The first kappa shape index (κ1) is 15.8. The SMILES string of the molecule is CC(C)C(CNC(=O)NCCN(C)C1CC1)C(=O)O. The molecule has 1 saturated carbocycles. The Bertz CT molecular complexity index is 316. The molecule has 0 aliphatic heterocycles. The molecule has 2 amide bonds. The standard InChI is InChI=1S/C13H25N3O3/c1-9(2)11(12(17)18)8-15-13(19)14-6-7-16(3)10-4-5-10/h9-11H,4-8H2,1-3H3,(H,17,18)(H2,14,15,19). The van der Waals surface area contributed by atoms with Crippen LogP contribution in [-0.2, 0) is 4.79 Å². The first-order chi connectivity index (χ1) is 8.91. The monoisotopic (exact) mass is 271 g/mol. The third kappa shape index (κ3) is 5.92. The second kappa shape index (κ2) is 7.33. The van der Waals surface area contributed by atoms with Gasteiger partial charge in [-0.15, -0.1) is 0 Å². The van der Waals surface area contributed by atoms with E-state index in [1.54, 1.807) is 0 Å². The fraction of sp³-hybridized carbons (Fsp3) is 0.846. The van der Waals surface area contributed by atoms with Crippen molar-refractivity contribution in [3.05, 3.63) is 0 Å². The smallest absolute Gasteiger partial charge is 0.314 e. The summed E-state index contributed by atoms with van der Waals surface area (Å²) in [5.41, 5.74) is 0. The molecule has 1 fully saturated rings. The molecule has 1 aliphatic carbocycles. The van der Waals surface area contributed by atoms with Crippen molar-refractivity contribution in [2.24, 2.45) is 11.8 Å². The van der Waals surface area contributed by atoms with Gasteiger partial charge in [-0.25, -0.2) is 4.79 Å². The van der Waals surface area contributed by atoms with Crippen LogP contribution in [0.3, 0.4) is 0 Å². The van der Waals surface area contributed by atoms with E-state index in [9.17, 15) is 9.59 Å². The summed E-state index contributed by atoms with van der Waals surface area (Å²) in [6, 6.07) is 0.387. The van der Waals surface area contributed by atoms with Crippen LogP contribution in [-0.4, -0.2) is 54.7 Å². The molecule has 1 atom stereocenters. The highest BCUT2D eigenvalue weighted by atomic mass is 16.4. The van der Waals surface area contributed by atoms with Crippen LogP contribution in [0.1, 0.15) is 26.7 Å². The van der Waals surface area contributed by atoms with Crippen molar-refractivity contribution in [1.82, 2.24) is 15.5 Å². The van der Waals surface area contributed by atoms with Crippen LogP contribution < -0.4 is 10.6 Å². The van der Waals surface area contributed by atoms with E-state index in [0.717, 1.165) is 6.54 Å². The molecule has 19 heavy (non-hydrogen) atoms. The number of hydrogen-bond donors (Lipinski definition) is 3. The van der Waals surface area contributed by atoms with Gasteiger partial charge in [0, 0.05) is 25.7 Å². The number of likely N-dealkylation sites (N-methyl/N-ethyl adjacent to an activating group) is 1. The zero-order chi connectivity index (χ0) is 14.4. The summed E-state index contributed by atoms with van der Waals surface area (Å²) >= 11 is 0. The molecule has 110 valence electrons. The number of urea groups is 1. The number of carboxylic acids is 1. The average Bonchev–Trinajstić information content (AvgIpc) is 3.11. The Kier molecular flexibility index (Phi) is 6.08. The van der Waals surface area contributed by atoms with Crippen LogP contribution in [0.5, 0.6) is 0 Å². The lowest BCUT2D eigenvalue weighted by Crippen LogP contribution is -2.43. The normalized spacial score (nSPS) is 16.5. The Balaban J connectivity index is 2.14. The molecular weight excluding hydrogens is 246 g/mol. The maximum Gasteiger partial charge on any atom is 0.314 e. The van der Waals surface area contributed by atoms with Gasteiger partial charge in [0.15, 0.2) is 0 Å². The molecular formula is C13H25N3O3. The van der Waals surface area contributed by atoms with Crippen molar-refractivity contribution in [3.8, 4) is 0 Å². The molecule has 0 spiro atoms. The quantitative estimate of drug-likeness (QED) is 0.608. The van der Waals surface area contributed by atoms with Crippen molar-refractivity contribution in [1.29, 1.82) is 0 Å². The number of nitrogens with zero attached hydrogens (tertiary/aromatic N) is 1. The summed E-state index contributed by atoms with van der Waals surface area (Å²) in [5.74, 6) is -1.41. The zero-order valence-electron chi connectivity index (χ0n) is 12.0.